The number of hydrogen-bond acceptors (Lipinski definition) is 2. The minimum atomic E-state index is -0.319. The molecule has 0 aromatic heterocycles. The monoisotopic (exact) mass is 306 g/mol. The molecule has 70 valence electrons. The van der Waals surface area contributed by atoms with Crippen LogP contribution in [0.25, 0.3) is 0 Å². The van der Waals surface area contributed by atoms with Crippen LogP contribution in [0.4, 0.5) is 0 Å². The highest BCUT2D eigenvalue weighted by Gasteiger charge is 2.11. The summed E-state index contributed by atoms with van der Waals surface area (Å²) >= 11 is 6.57. The second-order valence-corrected chi connectivity index (χ2v) is 4.33. The van der Waals surface area contributed by atoms with Gasteiger partial charge in [0.15, 0.2) is 0 Å². The molecule has 1 unspecified atom stereocenters. The summed E-state index contributed by atoms with van der Waals surface area (Å²) in [6.07, 6.45) is 0.824. The summed E-state index contributed by atoms with van der Waals surface area (Å²) < 4.78 is 6.04. The van der Waals surface area contributed by atoms with E-state index in [-0.39, 0.29) is 4.83 Å². The summed E-state index contributed by atoms with van der Waals surface area (Å²) in [5.74, 6) is 0.706. The normalized spacial score (nSPS) is 12.2. The first-order valence-electron chi connectivity index (χ1n) is 3.62. The highest BCUT2D eigenvalue weighted by molar-refractivity contribution is 9.10. The van der Waals surface area contributed by atoms with Crippen LogP contribution in [-0.2, 0) is 4.79 Å². The third kappa shape index (κ3) is 2.54. The minimum Gasteiger partial charge on any atom is -0.496 e. The summed E-state index contributed by atoms with van der Waals surface area (Å²) in [6, 6.07) is 5.54. The molecule has 0 saturated carbocycles. The second kappa shape index (κ2) is 4.77. The lowest BCUT2D eigenvalue weighted by atomic mass is 10.1. The van der Waals surface area contributed by atoms with Crippen LogP contribution in [0.2, 0.25) is 0 Å². The van der Waals surface area contributed by atoms with Crippen LogP contribution in [-0.4, -0.2) is 13.4 Å². The van der Waals surface area contributed by atoms with Crippen molar-refractivity contribution in [3.05, 3.63) is 28.2 Å². The molecule has 0 aliphatic rings. The van der Waals surface area contributed by atoms with Gasteiger partial charge >= 0.3 is 0 Å². The Morgan fingerprint density at radius 2 is 2.23 bits per heavy atom. The van der Waals surface area contributed by atoms with Crippen molar-refractivity contribution in [3.63, 3.8) is 0 Å². The largest absolute Gasteiger partial charge is 0.496 e. The molecule has 4 heteroatoms. The van der Waals surface area contributed by atoms with Gasteiger partial charge in [-0.2, -0.15) is 0 Å². The van der Waals surface area contributed by atoms with E-state index >= 15 is 0 Å². The van der Waals surface area contributed by atoms with E-state index in [9.17, 15) is 4.79 Å². The van der Waals surface area contributed by atoms with Crippen LogP contribution in [0.3, 0.4) is 0 Å². The predicted molar refractivity (Wildman–Crippen MR) is 58.4 cm³/mol. The minimum absolute atomic E-state index is 0.319. The topological polar surface area (TPSA) is 26.3 Å². The van der Waals surface area contributed by atoms with Gasteiger partial charge in [-0.1, -0.05) is 31.9 Å². The van der Waals surface area contributed by atoms with Gasteiger partial charge in [-0.15, -0.1) is 0 Å². The van der Waals surface area contributed by atoms with Crippen molar-refractivity contribution in [2.45, 2.75) is 4.83 Å². The third-order valence-corrected chi connectivity index (χ3v) is 2.81. The molecular formula is C9H8Br2O2. The average molecular weight is 308 g/mol. The fourth-order valence-electron chi connectivity index (χ4n) is 0.994. The lowest BCUT2D eigenvalue weighted by molar-refractivity contribution is -0.107. The zero-order valence-corrected chi connectivity index (χ0v) is 10.1. The van der Waals surface area contributed by atoms with E-state index in [1.54, 1.807) is 7.11 Å². The molecule has 0 radical (unpaired) electrons. The number of halogens is 2. The van der Waals surface area contributed by atoms with Gasteiger partial charge < -0.3 is 9.53 Å². The van der Waals surface area contributed by atoms with Gasteiger partial charge in [-0.05, 0) is 18.2 Å². The van der Waals surface area contributed by atoms with Crippen molar-refractivity contribution in [1.29, 1.82) is 0 Å². The standard InChI is InChI=1S/C9H8Br2O2/c1-13-9-3-2-6(10)4-7(9)8(11)5-12/h2-5,8H,1H3. The van der Waals surface area contributed by atoms with E-state index in [4.69, 9.17) is 4.74 Å². The van der Waals surface area contributed by atoms with Gasteiger partial charge in [-0.25, -0.2) is 0 Å². The highest BCUT2D eigenvalue weighted by Crippen LogP contribution is 2.31. The fraction of sp³-hybridized carbons (Fsp3) is 0.222. The summed E-state index contributed by atoms with van der Waals surface area (Å²) in [4.78, 5) is 10.2. The van der Waals surface area contributed by atoms with Gasteiger partial charge in [0.05, 0.1) is 11.9 Å². The number of hydrogen-bond donors (Lipinski definition) is 0. The van der Waals surface area contributed by atoms with Crippen LogP contribution in [0.15, 0.2) is 22.7 Å². The SMILES string of the molecule is COc1ccc(Br)cc1C(Br)C=O. The number of aldehydes is 1. The van der Waals surface area contributed by atoms with Crippen LogP contribution < -0.4 is 4.74 Å². The molecule has 0 spiro atoms. The van der Waals surface area contributed by atoms with Gasteiger partial charge in [0.2, 0.25) is 0 Å². The maximum Gasteiger partial charge on any atom is 0.138 e. The summed E-state index contributed by atoms with van der Waals surface area (Å²) in [5, 5.41) is 0. The highest BCUT2D eigenvalue weighted by atomic mass is 79.9. The van der Waals surface area contributed by atoms with Gasteiger partial charge in [-0.3, -0.25) is 0 Å². The lowest BCUT2D eigenvalue weighted by Gasteiger charge is -2.09. The van der Waals surface area contributed by atoms with E-state index in [1.165, 1.54) is 0 Å². The molecule has 13 heavy (non-hydrogen) atoms. The van der Waals surface area contributed by atoms with Crippen LogP contribution in [0.5, 0.6) is 5.75 Å². The molecule has 2 nitrogen and oxygen atoms in total. The maximum absolute atomic E-state index is 10.6. The molecule has 0 saturated heterocycles. The molecule has 0 heterocycles. The number of rotatable bonds is 3. The molecule has 0 aliphatic carbocycles. The second-order valence-electron chi connectivity index (χ2n) is 2.42. The number of alkyl halides is 1. The number of benzene rings is 1. The summed E-state index contributed by atoms with van der Waals surface area (Å²) in [7, 11) is 1.58. The van der Waals surface area contributed by atoms with Crippen molar-refractivity contribution in [2.24, 2.45) is 0 Å². The Hall–Kier alpha value is -0.350. The van der Waals surface area contributed by atoms with E-state index < -0.39 is 0 Å². The Labute approximate surface area is 93.5 Å². The van der Waals surface area contributed by atoms with Gasteiger partial charge in [0, 0.05) is 10.0 Å². The molecule has 0 bridgehead atoms. The molecule has 1 aromatic carbocycles. The zero-order valence-electron chi connectivity index (χ0n) is 6.96. The lowest BCUT2D eigenvalue weighted by Crippen LogP contribution is -1.95. The van der Waals surface area contributed by atoms with E-state index in [0.29, 0.717) is 5.75 Å². The first-order valence-corrected chi connectivity index (χ1v) is 5.32. The molecule has 1 rings (SSSR count). The van der Waals surface area contributed by atoms with Crippen molar-refractivity contribution in [1.82, 2.24) is 0 Å². The molecule has 1 atom stereocenters. The Balaban J connectivity index is 3.14. The van der Waals surface area contributed by atoms with Crippen LogP contribution in [0.1, 0.15) is 10.4 Å². The molecule has 0 fully saturated rings. The Kier molecular flexibility index (Phi) is 3.93. The quantitative estimate of drug-likeness (QED) is 0.633. The van der Waals surface area contributed by atoms with Crippen LogP contribution in [0, 0.1) is 0 Å². The molecule has 0 N–H and O–H groups in total. The molecular weight excluding hydrogens is 300 g/mol. The molecule has 1 aromatic rings. The Bertz CT molecular complexity index is 312. The van der Waals surface area contributed by atoms with Crippen molar-refractivity contribution < 1.29 is 9.53 Å². The first-order chi connectivity index (χ1) is 6.19. The Morgan fingerprint density at radius 1 is 1.54 bits per heavy atom. The first kappa shape index (κ1) is 10.7. The van der Waals surface area contributed by atoms with E-state index in [2.05, 4.69) is 31.9 Å². The maximum atomic E-state index is 10.6. The molecule has 0 amide bonds. The zero-order chi connectivity index (χ0) is 9.84. The van der Waals surface area contributed by atoms with Crippen molar-refractivity contribution >= 4 is 38.1 Å². The summed E-state index contributed by atoms with van der Waals surface area (Å²) in [5.41, 5.74) is 0.826. The number of ether oxygens (including phenoxy) is 1. The predicted octanol–water partition coefficient (Wildman–Crippen LogP) is 3.09. The number of carbonyl (C=O) groups excluding carboxylic acids is 1. The van der Waals surface area contributed by atoms with Gasteiger partial charge in [0.25, 0.3) is 0 Å². The smallest absolute Gasteiger partial charge is 0.138 e. The Morgan fingerprint density at radius 3 is 2.77 bits per heavy atom. The van der Waals surface area contributed by atoms with E-state index in [1.807, 2.05) is 18.2 Å². The summed E-state index contributed by atoms with van der Waals surface area (Å²) in [6.45, 7) is 0. The molecule has 0 aliphatic heterocycles. The number of carbonyl (C=O) groups is 1. The van der Waals surface area contributed by atoms with Crippen molar-refractivity contribution in [3.8, 4) is 5.75 Å². The average Bonchev–Trinajstić information content (AvgIpc) is 2.16. The van der Waals surface area contributed by atoms with Gasteiger partial charge in [0.1, 0.15) is 12.0 Å². The van der Waals surface area contributed by atoms with Crippen LogP contribution >= 0.6 is 31.9 Å². The van der Waals surface area contributed by atoms with Crippen molar-refractivity contribution in [2.75, 3.05) is 7.11 Å². The third-order valence-electron chi connectivity index (χ3n) is 1.61. The van der Waals surface area contributed by atoms with E-state index in [0.717, 1.165) is 16.3 Å². The fourth-order valence-corrected chi connectivity index (χ4v) is 1.73. The number of methoxy groups -OCH3 is 1.